The lowest BCUT2D eigenvalue weighted by Gasteiger charge is -2.10. The third-order valence-corrected chi connectivity index (χ3v) is 4.10. The molecule has 1 aromatic carbocycles. The molecule has 0 aliphatic heterocycles. The Morgan fingerprint density at radius 1 is 1.19 bits per heavy atom. The number of carbonyl (C=O) groups is 1. The van der Waals surface area contributed by atoms with E-state index in [1.54, 1.807) is 18.3 Å². The van der Waals surface area contributed by atoms with Crippen molar-refractivity contribution < 1.29 is 4.79 Å². The molecule has 1 aromatic heterocycles. The van der Waals surface area contributed by atoms with Crippen molar-refractivity contribution in [1.82, 2.24) is 4.98 Å². The Balaban J connectivity index is 2.10. The Labute approximate surface area is 140 Å². The topological polar surface area (TPSA) is 54.0 Å². The first-order chi connectivity index (χ1) is 10.1. The summed E-state index contributed by atoms with van der Waals surface area (Å²) in [7, 11) is 0. The van der Waals surface area contributed by atoms with E-state index >= 15 is 0 Å². The van der Waals surface area contributed by atoms with Crippen LogP contribution in [0, 0.1) is 0 Å². The largest absolute Gasteiger partial charge is 0.370 e. The zero-order valence-corrected chi connectivity index (χ0v) is 14.7. The Kier molecular flexibility index (Phi) is 5.76. The van der Waals surface area contributed by atoms with Crippen molar-refractivity contribution in [2.75, 3.05) is 17.2 Å². The molecule has 0 bridgehead atoms. The first-order valence-corrected chi connectivity index (χ1v) is 8.15. The molecule has 0 unspecified atom stereocenters. The van der Waals surface area contributed by atoms with Crippen molar-refractivity contribution in [2.45, 2.75) is 13.3 Å². The maximum absolute atomic E-state index is 12.2. The Morgan fingerprint density at radius 3 is 2.48 bits per heavy atom. The van der Waals surface area contributed by atoms with E-state index in [1.165, 1.54) is 0 Å². The molecule has 0 saturated carbocycles. The molecule has 0 fully saturated rings. The summed E-state index contributed by atoms with van der Waals surface area (Å²) in [5.74, 6) is 0.576. The smallest absolute Gasteiger partial charge is 0.257 e. The predicted molar refractivity (Wildman–Crippen MR) is 92.8 cm³/mol. The summed E-state index contributed by atoms with van der Waals surface area (Å²) < 4.78 is 1.64. The molecule has 4 nitrogen and oxygen atoms in total. The molecule has 2 aromatic rings. The lowest BCUT2D eigenvalue weighted by atomic mass is 10.2. The fourth-order valence-corrected chi connectivity index (χ4v) is 2.89. The number of pyridine rings is 1. The van der Waals surface area contributed by atoms with E-state index in [9.17, 15) is 4.79 Å². The lowest BCUT2D eigenvalue weighted by Crippen LogP contribution is -2.13. The SMILES string of the molecule is CCCNc1ccc(C(=O)Nc2c(Br)cccc2Br)cn1. The highest BCUT2D eigenvalue weighted by Crippen LogP contribution is 2.30. The van der Waals surface area contributed by atoms with E-state index in [4.69, 9.17) is 0 Å². The van der Waals surface area contributed by atoms with Crippen LogP contribution >= 0.6 is 31.9 Å². The van der Waals surface area contributed by atoms with Crippen molar-refractivity contribution in [1.29, 1.82) is 0 Å². The quantitative estimate of drug-likeness (QED) is 0.749. The van der Waals surface area contributed by atoms with Gasteiger partial charge in [-0.15, -0.1) is 0 Å². The Bertz CT molecular complexity index is 609. The number of carbonyl (C=O) groups excluding carboxylic acids is 1. The zero-order chi connectivity index (χ0) is 15.2. The third-order valence-electron chi connectivity index (χ3n) is 2.78. The van der Waals surface area contributed by atoms with Crippen LogP contribution in [0.25, 0.3) is 0 Å². The number of nitrogens with one attached hydrogen (secondary N) is 2. The minimum Gasteiger partial charge on any atom is -0.370 e. The van der Waals surface area contributed by atoms with Gasteiger partial charge in [-0.3, -0.25) is 4.79 Å². The van der Waals surface area contributed by atoms with Gasteiger partial charge in [0, 0.05) is 21.7 Å². The minimum atomic E-state index is -0.197. The number of hydrogen-bond acceptors (Lipinski definition) is 3. The van der Waals surface area contributed by atoms with Gasteiger partial charge in [0.2, 0.25) is 0 Å². The molecule has 21 heavy (non-hydrogen) atoms. The van der Waals surface area contributed by atoms with Crippen LogP contribution in [-0.4, -0.2) is 17.4 Å². The van der Waals surface area contributed by atoms with Gasteiger partial charge >= 0.3 is 0 Å². The molecule has 0 spiro atoms. The lowest BCUT2D eigenvalue weighted by molar-refractivity contribution is 0.102. The van der Waals surface area contributed by atoms with E-state index in [-0.39, 0.29) is 5.91 Å². The zero-order valence-electron chi connectivity index (χ0n) is 11.5. The van der Waals surface area contributed by atoms with Crippen molar-refractivity contribution in [2.24, 2.45) is 0 Å². The van der Waals surface area contributed by atoms with Crippen molar-refractivity contribution >= 4 is 49.3 Å². The Hall–Kier alpha value is -1.40. The van der Waals surface area contributed by atoms with E-state index in [2.05, 4.69) is 54.4 Å². The summed E-state index contributed by atoms with van der Waals surface area (Å²) in [6.45, 7) is 2.95. The molecule has 6 heteroatoms. The van der Waals surface area contributed by atoms with Crippen molar-refractivity contribution in [3.05, 3.63) is 51.0 Å². The van der Waals surface area contributed by atoms with Crippen LogP contribution in [0.3, 0.4) is 0 Å². The molecule has 0 atom stereocenters. The van der Waals surface area contributed by atoms with Gasteiger partial charge < -0.3 is 10.6 Å². The van der Waals surface area contributed by atoms with Gasteiger partial charge in [0.05, 0.1) is 11.3 Å². The highest BCUT2D eigenvalue weighted by molar-refractivity contribution is 9.11. The molecule has 0 saturated heterocycles. The average Bonchev–Trinajstić information content (AvgIpc) is 2.49. The van der Waals surface area contributed by atoms with Crippen molar-refractivity contribution in [3.63, 3.8) is 0 Å². The first-order valence-electron chi connectivity index (χ1n) is 6.57. The second-order valence-corrected chi connectivity index (χ2v) is 6.12. The van der Waals surface area contributed by atoms with Crippen LogP contribution in [0.1, 0.15) is 23.7 Å². The fraction of sp³-hybridized carbons (Fsp3) is 0.200. The number of rotatable bonds is 5. The van der Waals surface area contributed by atoms with Crippen LogP contribution in [0.5, 0.6) is 0 Å². The van der Waals surface area contributed by atoms with E-state index < -0.39 is 0 Å². The maximum Gasteiger partial charge on any atom is 0.257 e. The highest BCUT2D eigenvalue weighted by Gasteiger charge is 2.11. The molecule has 2 N–H and O–H groups in total. The fourth-order valence-electron chi connectivity index (χ4n) is 1.69. The minimum absolute atomic E-state index is 0.197. The molecule has 0 aliphatic rings. The molecule has 110 valence electrons. The van der Waals surface area contributed by atoms with Gasteiger partial charge in [0.25, 0.3) is 5.91 Å². The number of aromatic nitrogens is 1. The van der Waals surface area contributed by atoms with Crippen LogP contribution in [0.2, 0.25) is 0 Å². The first kappa shape index (κ1) is 16.0. The van der Waals surface area contributed by atoms with Crippen LogP contribution in [-0.2, 0) is 0 Å². The molecular formula is C15H15Br2N3O. The monoisotopic (exact) mass is 411 g/mol. The molecule has 1 amide bonds. The van der Waals surface area contributed by atoms with Gasteiger partial charge in [-0.1, -0.05) is 13.0 Å². The highest BCUT2D eigenvalue weighted by atomic mass is 79.9. The van der Waals surface area contributed by atoms with Gasteiger partial charge in [-0.05, 0) is 62.5 Å². The summed E-state index contributed by atoms with van der Waals surface area (Å²) in [5, 5.41) is 6.03. The summed E-state index contributed by atoms with van der Waals surface area (Å²) in [6.07, 6.45) is 2.60. The number of halogens is 2. The molecule has 0 radical (unpaired) electrons. The summed E-state index contributed by atoms with van der Waals surface area (Å²) in [5.41, 5.74) is 1.22. The van der Waals surface area contributed by atoms with Gasteiger partial charge in [0.15, 0.2) is 0 Å². The maximum atomic E-state index is 12.2. The number of para-hydroxylation sites is 1. The van der Waals surface area contributed by atoms with Crippen LogP contribution in [0.15, 0.2) is 45.5 Å². The normalized spacial score (nSPS) is 10.2. The second kappa shape index (κ2) is 7.56. The second-order valence-electron chi connectivity index (χ2n) is 4.41. The summed E-state index contributed by atoms with van der Waals surface area (Å²) in [4.78, 5) is 16.5. The standard InChI is InChI=1S/C15H15Br2N3O/c1-2-8-18-13-7-6-10(9-19-13)15(21)20-14-11(16)4-3-5-12(14)17/h3-7,9H,2,8H2,1H3,(H,18,19)(H,20,21). The van der Waals surface area contributed by atoms with Crippen LogP contribution in [0.4, 0.5) is 11.5 Å². The van der Waals surface area contributed by atoms with E-state index in [0.717, 1.165) is 27.7 Å². The summed E-state index contributed by atoms with van der Waals surface area (Å²) >= 11 is 6.84. The summed E-state index contributed by atoms with van der Waals surface area (Å²) in [6, 6.07) is 9.19. The Morgan fingerprint density at radius 2 is 1.90 bits per heavy atom. The molecule has 1 heterocycles. The van der Waals surface area contributed by atoms with E-state index in [0.29, 0.717) is 11.3 Å². The van der Waals surface area contributed by atoms with E-state index in [1.807, 2.05) is 18.2 Å². The van der Waals surface area contributed by atoms with Crippen LogP contribution < -0.4 is 10.6 Å². The molecule has 2 rings (SSSR count). The van der Waals surface area contributed by atoms with Gasteiger partial charge in [0.1, 0.15) is 5.82 Å². The van der Waals surface area contributed by atoms with Gasteiger partial charge in [-0.25, -0.2) is 4.98 Å². The number of benzene rings is 1. The predicted octanol–water partition coefficient (Wildman–Crippen LogP) is 4.68. The third kappa shape index (κ3) is 4.28. The molecular weight excluding hydrogens is 398 g/mol. The average molecular weight is 413 g/mol. The molecule has 0 aliphatic carbocycles. The van der Waals surface area contributed by atoms with Crippen molar-refractivity contribution in [3.8, 4) is 0 Å². The number of hydrogen-bond donors (Lipinski definition) is 2. The number of nitrogens with zero attached hydrogens (tertiary/aromatic N) is 1. The number of amides is 1. The number of anilines is 2. The van der Waals surface area contributed by atoms with Gasteiger partial charge in [-0.2, -0.15) is 0 Å².